The third-order valence-corrected chi connectivity index (χ3v) is 4.15. The highest BCUT2D eigenvalue weighted by atomic mass is 32.2. The first-order valence-corrected chi connectivity index (χ1v) is 6.79. The fourth-order valence-electron chi connectivity index (χ4n) is 2.16. The molecule has 1 fully saturated rings. The Hall–Kier alpha value is -1.40. The predicted octanol–water partition coefficient (Wildman–Crippen LogP) is 0.752. The van der Waals surface area contributed by atoms with Crippen molar-refractivity contribution in [1.29, 1.82) is 0 Å². The minimum Gasteiger partial charge on any atom is -0.356 e. The number of carbonyl (C=O) groups is 1. The van der Waals surface area contributed by atoms with E-state index in [4.69, 9.17) is 0 Å². The van der Waals surface area contributed by atoms with Crippen LogP contribution >= 0.6 is 0 Å². The van der Waals surface area contributed by atoms with E-state index in [1.54, 1.807) is 30.3 Å². The Balaban J connectivity index is 2.43. The summed E-state index contributed by atoms with van der Waals surface area (Å²) in [7, 11) is -4.30. The van der Waals surface area contributed by atoms with Crippen molar-refractivity contribution in [2.75, 3.05) is 6.54 Å². The van der Waals surface area contributed by atoms with Crippen molar-refractivity contribution >= 4 is 16.0 Å². The van der Waals surface area contributed by atoms with E-state index in [2.05, 4.69) is 5.32 Å². The molecular weight excluding hydrogens is 242 g/mol. The lowest BCUT2D eigenvalue weighted by molar-refractivity contribution is -0.122. The zero-order valence-electron chi connectivity index (χ0n) is 9.04. The van der Waals surface area contributed by atoms with Crippen LogP contribution in [0.5, 0.6) is 0 Å². The van der Waals surface area contributed by atoms with Crippen molar-refractivity contribution in [3.05, 3.63) is 35.9 Å². The van der Waals surface area contributed by atoms with Gasteiger partial charge in [-0.3, -0.25) is 9.35 Å². The van der Waals surface area contributed by atoms with E-state index < -0.39 is 21.3 Å². The maximum atomic E-state index is 11.5. The Bertz CT molecular complexity index is 512. The summed E-state index contributed by atoms with van der Waals surface area (Å²) in [6, 6.07) is 8.31. The van der Waals surface area contributed by atoms with Gasteiger partial charge in [-0.05, 0) is 12.0 Å². The summed E-state index contributed by atoms with van der Waals surface area (Å²) in [6.45, 7) is 0.447. The summed E-state index contributed by atoms with van der Waals surface area (Å²) in [6.07, 6.45) is 0.415. The highest BCUT2D eigenvalue weighted by Gasteiger charge is 2.40. The summed E-state index contributed by atoms with van der Waals surface area (Å²) >= 11 is 0. The minimum atomic E-state index is -4.30. The van der Waals surface area contributed by atoms with E-state index in [9.17, 15) is 17.8 Å². The van der Waals surface area contributed by atoms with Crippen LogP contribution < -0.4 is 5.32 Å². The molecule has 0 aromatic heterocycles. The Morgan fingerprint density at radius 2 is 1.94 bits per heavy atom. The standard InChI is InChI=1S/C11H13NO4S/c13-11-9(6-7-12-11)10(17(14,15)16)8-4-2-1-3-5-8/h1-5,9-10H,6-7H2,(H,12,13)(H,14,15,16). The zero-order chi connectivity index (χ0) is 12.5. The fraction of sp³-hybridized carbons (Fsp3) is 0.364. The van der Waals surface area contributed by atoms with Gasteiger partial charge in [0.2, 0.25) is 5.91 Å². The van der Waals surface area contributed by atoms with E-state index in [0.717, 1.165) is 0 Å². The average molecular weight is 255 g/mol. The number of hydrogen-bond acceptors (Lipinski definition) is 3. The van der Waals surface area contributed by atoms with Gasteiger partial charge >= 0.3 is 0 Å². The predicted molar refractivity (Wildman–Crippen MR) is 61.8 cm³/mol. The molecular formula is C11H13NO4S. The van der Waals surface area contributed by atoms with Gasteiger partial charge in [0, 0.05) is 6.54 Å². The second-order valence-electron chi connectivity index (χ2n) is 4.03. The smallest absolute Gasteiger partial charge is 0.272 e. The van der Waals surface area contributed by atoms with E-state index >= 15 is 0 Å². The van der Waals surface area contributed by atoms with E-state index in [-0.39, 0.29) is 5.91 Å². The molecule has 1 aromatic carbocycles. The molecule has 0 radical (unpaired) electrons. The molecule has 1 aliphatic rings. The van der Waals surface area contributed by atoms with Gasteiger partial charge in [0.25, 0.3) is 10.1 Å². The van der Waals surface area contributed by atoms with Gasteiger partial charge in [0.15, 0.2) is 0 Å². The van der Waals surface area contributed by atoms with Crippen LogP contribution in [-0.2, 0) is 14.9 Å². The summed E-state index contributed by atoms with van der Waals surface area (Å²) in [4.78, 5) is 11.5. The van der Waals surface area contributed by atoms with Gasteiger partial charge in [0.1, 0.15) is 5.25 Å². The van der Waals surface area contributed by atoms with Crippen molar-refractivity contribution in [3.8, 4) is 0 Å². The Morgan fingerprint density at radius 1 is 1.29 bits per heavy atom. The molecule has 0 spiro atoms. The molecule has 0 aliphatic carbocycles. The molecule has 2 atom stereocenters. The van der Waals surface area contributed by atoms with Crippen LogP contribution in [0, 0.1) is 5.92 Å². The molecule has 1 aliphatic heterocycles. The number of nitrogens with one attached hydrogen (secondary N) is 1. The van der Waals surface area contributed by atoms with Gasteiger partial charge < -0.3 is 5.32 Å². The lowest BCUT2D eigenvalue weighted by Crippen LogP contribution is -2.28. The molecule has 6 heteroatoms. The van der Waals surface area contributed by atoms with Crippen LogP contribution in [0.3, 0.4) is 0 Å². The Kier molecular flexibility index (Phi) is 3.17. The third-order valence-electron chi connectivity index (χ3n) is 2.91. The summed E-state index contributed by atoms with van der Waals surface area (Å²) in [5.41, 5.74) is 0.442. The van der Waals surface area contributed by atoms with Gasteiger partial charge in [-0.25, -0.2) is 0 Å². The van der Waals surface area contributed by atoms with E-state index in [1.165, 1.54) is 0 Å². The topological polar surface area (TPSA) is 83.5 Å². The van der Waals surface area contributed by atoms with Gasteiger partial charge in [-0.1, -0.05) is 30.3 Å². The molecule has 2 unspecified atom stereocenters. The monoisotopic (exact) mass is 255 g/mol. The SMILES string of the molecule is O=C1NCCC1C(c1ccccc1)S(=O)(=O)O. The van der Waals surface area contributed by atoms with Crippen molar-refractivity contribution in [2.24, 2.45) is 5.92 Å². The summed E-state index contributed by atoms with van der Waals surface area (Å²) < 4.78 is 32.2. The lowest BCUT2D eigenvalue weighted by atomic mass is 9.97. The Labute approximate surface area is 99.6 Å². The highest BCUT2D eigenvalue weighted by molar-refractivity contribution is 7.86. The second kappa shape index (κ2) is 4.46. The molecule has 2 N–H and O–H groups in total. The highest BCUT2D eigenvalue weighted by Crippen LogP contribution is 2.33. The normalized spacial score (nSPS) is 22.2. The molecule has 1 amide bonds. The quantitative estimate of drug-likeness (QED) is 0.781. The van der Waals surface area contributed by atoms with Crippen LogP contribution in [0.4, 0.5) is 0 Å². The van der Waals surface area contributed by atoms with E-state index in [1.807, 2.05) is 0 Å². The van der Waals surface area contributed by atoms with Crippen molar-refractivity contribution in [2.45, 2.75) is 11.7 Å². The maximum Gasteiger partial charge on any atom is 0.272 e. The number of carbonyl (C=O) groups excluding carboxylic acids is 1. The number of benzene rings is 1. The number of hydrogen-bond donors (Lipinski definition) is 2. The second-order valence-corrected chi connectivity index (χ2v) is 5.57. The van der Waals surface area contributed by atoms with E-state index in [0.29, 0.717) is 18.5 Å². The molecule has 17 heavy (non-hydrogen) atoms. The van der Waals surface area contributed by atoms with Crippen LogP contribution in [0.2, 0.25) is 0 Å². The summed E-state index contributed by atoms with van der Waals surface area (Å²) in [5.74, 6) is -1.04. The first-order valence-electron chi connectivity index (χ1n) is 5.29. The van der Waals surface area contributed by atoms with Gasteiger partial charge in [0.05, 0.1) is 5.92 Å². The molecule has 1 saturated heterocycles. The first kappa shape index (κ1) is 12.1. The number of rotatable bonds is 3. The average Bonchev–Trinajstić information content (AvgIpc) is 2.65. The molecule has 2 rings (SSSR count). The van der Waals surface area contributed by atoms with Crippen LogP contribution in [0.25, 0.3) is 0 Å². The molecule has 1 heterocycles. The molecule has 0 bridgehead atoms. The van der Waals surface area contributed by atoms with Gasteiger partial charge in [-0.15, -0.1) is 0 Å². The van der Waals surface area contributed by atoms with Crippen molar-refractivity contribution in [3.63, 3.8) is 0 Å². The van der Waals surface area contributed by atoms with Crippen LogP contribution in [0.1, 0.15) is 17.2 Å². The molecule has 5 nitrogen and oxygen atoms in total. The molecule has 0 saturated carbocycles. The third kappa shape index (κ3) is 2.48. The molecule has 1 aromatic rings. The zero-order valence-corrected chi connectivity index (χ0v) is 9.85. The fourth-order valence-corrected chi connectivity index (χ4v) is 3.33. The maximum absolute atomic E-state index is 11.5. The van der Waals surface area contributed by atoms with Gasteiger partial charge in [-0.2, -0.15) is 8.42 Å². The largest absolute Gasteiger partial charge is 0.356 e. The van der Waals surface area contributed by atoms with Crippen molar-refractivity contribution in [1.82, 2.24) is 5.32 Å². The molecule has 92 valence electrons. The lowest BCUT2D eigenvalue weighted by Gasteiger charge is -2.18. The van der Waals surface area contributed by atoms with Crippen LogP contribution in [-0.4, -0.2) is 25.4 Å². The minimum absolute atomic E-state index is 0.323. The Morgan fingerprint density at radius 3 is 2.41 bits per heavy atom. The van der Waals surface area contributed by atoms with Crippen molar-refractivity contribution < 1.29 is 17.8 Å². The van der Waals surface area contributed by atoms with Crippen LogP contribution in [0.15, 0.2) is 30.3 Å². The number of amides is 1. The first-order chi connectivity index (χ1) is 8.00. The summed E-state index contributed by atoms with van der Waals surface area (Å²) in [5, 5.41) is 1.40.